The minimum Gasteiger partial charge on any atom is -0.309 e. The van der Waals surface area contributed by atoms with Gasteiger partial charge in [-0.05, 0) is 102 Å². The van der Waals surface area contributed by atoms with Gasteiger partial charge in [-0.2, -0.15) is 0 Å². The summed E-state index contributed by atoms with van der Waals surface area (Å²) in [4.78, 5) is 2.54. The smallest absolute Gasteiger partial charge is 0.0618 e. The average molecular weight is 895 g/mol. The van der Waals surface area contributed by atoms with Crippen molar-refractivity contribution in [1.82, 2.24) is 4.57 Å². The number of benzene rings is 12. The molecule has 1 heterocycles. The third-order valence-corrected chi connectivity index (χ3v) is 14.5. The largest absolute Gasteiger partial charge is 0.309 e. The van der Waals surface area contributed by atoms with Crippen LogP contribution in [0.15, 0.2) is 249 Å². The van der Waals surface area contributed by atoms with Gasteiger partial charge in [-0.3, -0.25) is 0 Å². The predicted molar refractivity (Wildman–Crippen MR) is 300 cm³/mol. The maximum atomic E-state index is 2.54. The average Bonchev–Trinajstić information content (AvgIpc) is 3.75. The molecule has 0 amide bonds. The quantitative estimate of drug-likeness (QED) is 0.138. The standard InChI is InChI=1S/C68H50N2/c1-68(2,3)51-36-41-53(45-18-7-4-8-19-45)60(44-51)48-30-37-52(38-31-48)69(67-54(46-20-9-5-10-21-46)26-17-27-55(67)47-22-11-6-12-23-47)63-42-34-49-33-40-59-64(43-35-50-32-39-58(63)65(49)66(50)59)70-61-28-15-13-24-56(61)57-25-14-16-29-62(57)70/h4-44H,1-3H3. The topological polar surface area (TPSA) is 8.17 Å². The Morgan fingerprint density at radius 3 is 1.41 bits per heavy atom. The van der Waals surface area contributed by atoms with Crippen molar-refractivity contribution in [2.24, 2.45) is 0 Å². The monoisotopic (exact) mass is 894 g/mol. The van der Waals surface area contributed by atoms with E-state index in [-0.39, 0.29) is 5.41 Å². The van der Waals surface area contributed by atoms with Crippen molar-refractivity contribution >= 4 is 71.2 Å². The van der Waals surface area contributed by atoms with E-state index in [1.165, 1.54) is 87.6 Å². The maximum absolute atomic E-state index is 2.54. The van der Waals surface area contributed by atoms with Crippen molar-refractivity contribution in [1.29, 1.82) is 0 Å². The molecule has 13 rings (SSSR count). The molecule has 0 aliphatic heterocycles. The molecule has 13 aromatic rings. The molecule has 2 nitrogen and oxygen atoms in total. The third-order valence-electron chi connectivity index (χ3n) is 14.5. The summed E-state index contributed by atoms with van der Waals surface area (Å²) in [7, 11) is 0. The minimum atomic E-state index is -0.00502. The lowest BCUT2D eigenvalue weighted by Gasteiger charge is -2.32. The van der Waals surface area contributed by atoms with Crippen LogP contribution in [0.4, 0.5) is 17.1 Å². The van der Waals surface area contributed by atoms with Crippen LogP contribution in [0, 0.1) is 0 Å². The van der Waals surface area contributed by atoms with Crippen LogP contribution in [0.5, 0.6) is 0 Å². The zero-order valence-corrected chi connectivity index (χ0v) is 39.6. The van der Waals surface area contributed by atoms with E-state index in [1.54, 1.807) is 0 Å². The molecule has 0 spiro atoms. The molecule has 332 valence electrons. The predicted octanol–water partition coefficient (Wildman–Crippen LogP) is 19.1. The fraction of sp³-hybridized carbons (Fsp3) is 0.0588. The second-order valence-electron chi connectivity index (χ2n) is 19.7. The molecule has 0 N–H and O–H groups in total. The lowest BCUT2D eigenvalue weighted by Crippen LogP contribution is -2.13. The normalized spacial score (nSPS) is 11.9. The SMILES string of the molecule is CC(C)(C)c1ccc(-c2ccccc2)c(-c2ccc(N(c3c(-c4ccccc4)cccc3-c3ccccc3)c3ccc4ccc5c(-n6c7ccccc7c7ccccc76)ccc6ccc3c4c65)cc2)c1. The van der Waals surface area contributed by atoms with E-state index in [0.29, 0.717) is 0 Å². The van der Waals surface area contributed by atoms with E-state index < -0.39 is 0 Å². The number of anilines is 3. The number of nitrogens with zero attached hydrogens (tertiary/aromatic N) is 2. The summed E-state index contributed by atoms with van der Waals surface area (Å²) in [5.41, 5.74) is 17.7. The summed E-state index contributed by atoms with van der Waals surface area (Å²) in [6.45, 7) is 6.89. The molecule has 0 bridgehead atoms. The van der Waals surface area contributed by atoms with Crippen molar-refractivity contribution in [2.75, 3.05) is 4.90 Å². The molecule has 12 aromatic carbocycles. The van der Waals surface area contributed by atoms with Gasteiger partial charge in [-0.1, -0.05) is 233 Å². The first-order valence-electron chi connectivity index (χ1n) is 24.4. The van der Waals surface area contributed by atoms with Gasteiger partial charge in [-0.25, -0.2) is 0 Å². The molecular formula is C68H50N2. The van der Waals surface area contributed by atoms with Gasteiger partial charge in [0.1, 0.15) is 0 Å². The van der Waals surface area contributed by atoms with Crippen molar-refractivity contribution in [3.63, 3.8) is 0 Å². The minimum absolute atomic E-state index is 0.00502. The molecule has 0 radical (unpaired) electrons. The van der Waals surface area contributed by atoms with Crippen LogP contribution in [0.1, 0.15) is 26.3 Å². The van der Waals surface area contributed by atoms with Crippen LogP contribution >= 0.6 is 0 Å². The second kappa shape index (κ2) is 16.5. The summed E-state index contributed by atoms with van der Waals surface area (Å²) in [6.07, 6.45) is 0. The molecule has 0 atom stereocenters. The van der Waals surface area contributed by atoms with E-state index in [9.17, 15) is 0 Å². The Labute approximate surface area is 409 Å². The van der Waals surface area contributed by atoms with Crippen LogP contribution in [0.25, 0.3) is 104 Å². The molecular weight excluding hydrogens is 845 g/mol. The molecule has 0 fully saturated rings. The Balaban J connectivity index is 1.08. The molecule has 0 saturated carbocycles. The number of para-hydroxylation sites is 3. The summed E-state index contributed by atoms with van der Waals surface area (Å²) in [6, 6.07) is 92.0. The van der Waals surface area contributed by atoms with Crippen LogP contribution in [-0.4, -0.2) is 4.57 Å². The van der Waals surface area contributed by atoms with Gasteiger partial charge in [0.2, 0.25) is 0 Å². The Kier molecular flexibility index (Phi) is 9.78. The molecule has 0 aliphatic rings. The Morgan fingerprint density at radius 2 is 0.829 bits per heavy atom. The van der Waals surface area contributed by atoms with Crippen LogP contribution in [-0.2, 0) is 5.41 Å². The number of aromatic nitrogens is 1. The van der Waals surface area contributed by atoms with E-state index in [4.69, 9.17) is 0 Å². The highest BCUT2D eigenvalue weighted by Crippen LogP contribution is 2.51. The van der Waals surface area contributed by atoms with E-state index in [2.05, 4.69) is 279 Å². The maximum Gasteiger partial charge on any atom is 0.0618 e. The fourth-order valence-corrected chi connectivity index (χ4v) is 11.1. The van der Waals surface area contributed by atoms with Gasteiger partial charge >= 0.3 is 0 Å². The molecule has 0 unspecified atom stereocenters. The summed E-state index contributed by atoms with van der Waals surface area (Å²) in [5, 5.41) is 9.95. The Morgan fingerprint density at radius 1 is 0.343 bits per heavy atom. The molecule has 1 aromatic heterocycles. The molecule has 70 heavy (non-hydrogen) atoms. The zero-order chi connectivity index (χ0) is 46.9. The van der Waals surface area contributed by atoms with Gasteiger partial charge in [0.15, 0.2) is 0 Å². The van der Waals surface area contributed by atoms with E-state index in [0.717, 1.165) is 39.3 Å². The summed E-state index contributed by atoms with van der Waals surface area (Å²) >= 11 is 0. The molecule has 0 aliphatic carbocycles. The zero-order valence-electron chi connectivity index (χ0n) is 39.6. The first-order valence-corrected chi connectivity index (χ1v) is 24.4. The van der Waals surface area contributed by atoms with Crippen LogP contribution in [0.2, 0.25) is 0 Å². The van der Waals surface area contributed by atoms with Crippen LogP contribution in [0.3, 0.4) is 0 Å². The highest BCUT2D eigenvalue weighted by Gasteiger charge is 2.26. The molecule has 2 heteroatoms. The number of rotatable bonds is 8. The lowest BCUT2D eigenvalue weighted by molar-refractivity contribution is 0.590. The first kappa shape index (κ1) is 41.5. The number of hydrogen-bond acceptors (Lipinski definition) is 1. The highest BCUT2D eigenvalue weighted by molar-refractivity contribution is 6.28. The van der Waals surface area contributed by atoms with Gasteiger partial charge in [-0.15, -0.1) is 0 Å². The van der Waals surface area contributed by atoms with Gasteiger partial charge in [0, 0.05) is 38.4 Å². The summed E-state index contributed by atoms with van der Waals surface area (Å²) < 4.78 is 2.47. The fourth-order valence-electron chi connectivity index (χ4n) is 11.1. The van der Waals surface area contributed by atoms with E-state index >= 15 is 0 Å². The lowest BCUT2D eigenvalue weighted by atomic mass is 9.83. The van der Waals surface area contributed by atoms with E-state index in [1.807, 2.05) is 0 Å². The molecule has 0 saturated heterocycles. The van der Waals surface area contributed by atoms with Gasteiger partial charge in [0.25, 0.3) is 0 Å². The van der Waals surface area contributed by atoms with Crippen LogP contribution < -0.4 is 4.90 Å². The van der Waals surface area contributed by atoms with Gasteiger partial charge in [0.05, 0.1) is 28.1 Å². The van der Waals surface area contributed by atoms with Gasteiger partial charge < -0.3 is 9.47 Å². The second-order valence-corrected chi connectivity index (χ2v) is 19.7. The van der Waals surface area contributed by atoms with Crippen molar-refractivity contribution in [3.05, 3.63) is 254 Å². The van der Waals surface area contributed by atoms with Crippen molar-refractivity contribution < 1.29 is 0 Å². The number of fused-ring (bicyclic) bond motifs is 3. The number of hydrogen-bond donors (Lipinski definition) is 0. The highest BCUT2D eigenvalue weighted by atomic mass is 15.1. The van der Waals surface area contributed by atoms with Crippen molar-refractivity contribution in [2.45, 2.75) is 26.2 Å². The first-order chi connectivity index (χ1) is 34.4. The van der Waals surface area contributed by atoms with Crippen molar-refractivity contribution in [3.8, 4) is 50.2 Å². The Bertz CT molecular complexity index is 3950. The summed E-state index contributed by atoms with van der Waals surface area (Å²) in [5.74, 6) is 0. The Hall–Kier alpha value is -8.72. The third kappa shape index (κ3) is 6.78.